The lowest BCUT2D eigenvalue weighted by atomic mass is 10.1. The van der Waals surface area contributed by atoms with Gasteiger partial charge in [-0.1, -0.05) is 0 Å². The molecular formula is C20H22O6. The summed E-state index contributed by atoms with van der Waals surface area (Å²) in [6.45, 7) is 0. The molecule has 0 heterocycles. The Kier molecular flexibility index (Phi) is 6.49. The molecule has 0 aromatic heterocycles. The van der Waals surface area contributed by atoms with Crippen LogP contribution in [0.15, 0.2) is 36.4 Å². The van der Waals surface area contributed by atoms with Gasteiger partial charge in [0.15, 0.2) is 17.3 Å². The Labute approximate surface area is 152 Å². The fraction of sp³-hybridized carbons (Fsp3) is 0.250. The molecule has 0 N–H and O–H groups in total. The first-order chi connectivity index (χ1) is 12.6. The highest BCUT2D eigenvalue weighted by Crippen LogP contribution is 2.40. The lowest BCUT2D eigenvalue weighted by Gasteiger charge is -2.14. The third kappa shape index (κ3) is 3.91. The highest BCUT2D eigenvalue weighted by Gasteiger charge is 2.15. The minimum atomic E-state index is -0.224. The van der Waals surface area contributed by atoms with E-state index >= 15 is 0 Å². The van der Waals surface area contributed by atoms with Crippen LogP contribution >= 0.6 is 0 Å². The summed E-state index contributed by atoms with van der Waals surface area (Å²) in [7, 11) is 7.66. The topological polar surface area (TPSA) is 63.2 Å². The van der Waals surface area contributed by atoms with Gasteiger partial charge in [0.25, 0.3) is 0 Å². The van der Waals surface area contributed by atoms with E-state index in [1.807, 2.05) is 0 Å². The van der Waals surface area contributed by atoms with Crippen LogP contribution in [0.1, 0.15) is 15.9 Å². The zero-order valence-electron chi connectivity index (χ0n) is 15.5. The SMILES string of the molecule is COc1ccc(OC)c(C(=O)/C=C/c2ccc(OC)c(OC)c2OC)c1. The largest absolute Gasteiger partial charge is 0.497 e. The van der Waals surface area contributed by atoms with Crippen LogP contribution in [0.2, 0.25) is 0 Å². The summed E-state index contributed by atoms with van der Waals surface area (Å²) in [5.74, 6) is 2.31. The fourth-order valence-corrected chi connectivity index (χ4v) is 2.52. The number of benzene rings is 2. The molecule has 26 heavy (non-hydrogen) atoms. The highest BCUT2D eigenvalue weighted by molar-refractivity contribution is 6.09. The number of ether oxygens (including phenoxy) is 5. The van der Waals surface area contributed by atoms with Gasteiger partial charge in [0.05, 0.1) is 41.1 Å². The Morgan fingerprint density at radius 1 is 0.769 bits per heavy atom. The molecule has 0 spiro atoms. The van der Waals surface area contributed by atoms with Crippen LogP contribution in [0.25, 0.3) is 6.08 Å². The molecule has 0 unspecified atom stereocenters. The van der Waals surface area contributed by atoms with E-state index in [2.05, 4.69) is 0 Å². The quantitative estimate of drug-likeness (QED) is 0.530. The first-order valence-corrected chi connectivity index (χ1v) is 7.83. The average molecular weight is 358 g/mol. The molecule has 6 nitrogen and oxygen atoms in total. The second-order valence-electron chi connectivity index (χ2n) is 5.19. The van der Waals surface area contributed by atoms with Crippen molar-refractivity contribution in [3.63, 3.8) is 0 Å². The summed E-state index contributed by atoms with van der Waals surface area (Å²) in [6.07, 6.45) is 3.10. The van der Waals surface area contributed by atoms with Crippen molar-refractivity contribution in [1.29, 1.82) is 0 Å². The van der Waals surface area contributed by atoms with E-state index in [4.69, 9.17) is 23.7 Å². The molecule has 0 amide bonds. The van der Waals surface area contributed by atoms with Gasteiger partial charge < -0.3 is 23.7 Å². The van der Waals surface area contributed by atoms with Gasteiger partial charge in [-0.15, -0.1) is 0 Å². The van der Waals surface area contributed by atoms with E-state index in [9.17, 15) is 4.79 Å². The van der Waals surface area contributed by atoms with Crippen LogP contribution in [-0.2, 0) is 0 Å². The maximum absolute atomic E-state index is 12.6. The predicted molar refractivity (Wildman–Crippen MR) is 99.0 cm³/mol. The number of allylic oxidation sites excluding steroid dienone is 1. The van der Waals surface area contributed by atoms with Gasteiger partial charge in [-0.2, -0.15) is 0 Å². The Morgan fingerprint density at radius 3 is 2.00 bits per heavy atom. The molecule has 0 fully saturated rings. The molecule has 2 aromatic carbocycles. The maximum atomic E-state index is 12.6. The van der Waals surface area contributed by atoms with Gasteiger partial charge in [0, 0.05) is 5.56 Å². The lowest BCUT2D eigenvalue weighted by Crippen LogP contribution is -2.00. The molecule has 0 aliphatic heterocycles. The smallest absolute Gasteiger partial charge is 0.203 e. The van der Waals surface area contributed by atoms with Gasteiger partial charge >= 0.3 is 0 Å². The second-order valence-corrected chi connectivity index (χ2v) is 5.19. The fourth-order valence-electron chi connectivity index (χ4n) is 2.52. The number of rotatable bonds is 8. The third-order valence-corrected chi connectivity index (χ3v) is 3.82. The van der Waals surface area contributed by atoms with Gasteiger partial charge in [-0.25, -0.2) is 0 Å². The molecular weight excluding hydrogens is 336 g/mol. The van der Waals surface area contributed by atoms with Crippen LogP contribution in [0, 0.1) is 0 Å². The van der Waals surface area contributed by atoms with Crippen molar-refractivity contribution in [3.8, 4) is 28.7 Å². The van der Waals surface area contributed by atoms with Crippen molar-refractivity contribution in [2.45, 2.75) is 0 Å². The summed E-state index contributed by atoms with van der Waals surface area (Å²) in [5, 5.41) is 0. The van der Waals surface area contributed by atoms with Crippen molar-refractivity contribution < 1.29 is 28.5 Å². The number of carbonyl (C=O) groups is 1. The number of carbonyl (C=O) groups excluding carboxylic acids is 1. The summed E-state index contributed by atoms with van der Waals surface area (Å²) in [4.78, 5) is 12.6. The Morgan fingerprint density at radius 2 is 1.42 bits per heavy atom. The summed E-state index contributed by atoms with van der Waals surface area (Å²) in [5.41, 5.74) is 1.09. The van der Waals surface area contributed by atoms with Crippen molar-refractivity contribution >= 4 is 11.9 Å². The zero-order valence-corrected chi connectivity index (χ0v) is 15.5. The molecule has 0 aliphatic carbocycles. The first kappa shape index (κ1) is 19.2. The van der Waals surface area contributed by atoms with Gasteiger partial charge in [0.2, 0.25) is 5.75 Å². The number of ketones is 1. The Balaban J connectivity index is 2.40. The van der Waals surface area contributed by atoms with Crippen molar-refractivity contribution in [2.24, 2.45) is 0 Å². The Bertz CT molecular complexity index is 810. The van der Waals surface area contributed by atoms with E-state index in [1.54, 1.807) is 50.6 Å². The number of hydrogen-bond donors (Lipinski definition) is 0. The van der Waals surface area contributed by atoms with Crippen molar-refractivity contribution in [2.75, 3.05) is 35.5 Å². The van der Waals surface area contributed by atoms with E-state index in [1.165, 1.54) is 27.4 Å². The molecule has 2 aromatic rings. The average Bonchev–Trinajstić information content (AvgIpc) is 2.70. The van der Waals surface area contributed by atoms with E-state index in [0.29, 0.717) is 39.9 Å². The maximum Gasteiger partial charge on any atom is 0.203 e. The Hall–Kier alpha value is -3.15. The molecule has 0 bridgehead atoms. The molecule has 0 aliphatic rings. The van der Waals surface area contributed by atoms with E-state index in [-0.39, 0.29) is 5.78 Å². The minimum absolute atomic E-state index is 0.224. The number of hydrogen-bond acceptors (Lipinski definition) is 6. The lowest BCUT2D eigenvalue weighted by molar-refractivity contribution is 0.104. The monoisotopic (exact) mass is 358 g/mol. The molecule has 0 saturated heterocycles. The van der Waals surface area contributed by atoms with Crippen molar-refractivity contribution in [1.82, 2.24) is 0 Å². The molecule has 138 valence electrons. The molecule has 0 atom stereocenters. The molecule has 6 heteroatoms. The van der Waals surface area contributed by atoms with Gasteiger partial charge in [-0.3, -0.25) is 4.79 Å². The van der Waals surface area contributed by atoms with Crippen LogP contribution < -0.4 is 23.7 Å². The molecule has 0 saturated carbocycles. The van der Waals surface area contributed by atoms with Crippen LogP contribution in [0.4, 0.5) is 0 Å². The predicted octanol–water partition coefficient (Wildman–Crippen LogP) is 3.63. The first-order valence-electron chi connectivity index (χ1n) is 7.83. The van der Waals surface area contributed by atoms with Crippen LogP contribution in [0.3, 0.4) is 0 Å². The molecule has 0 radical (unpaired) electrons. The second kappa shape index (κ2) is 8.80. The van der Waals surface area contributed by atoms with E-state index < -0.39 is 0 Å². The van der Waals surface area contributed by atoms with Crippen LogP contribution in [-0.4, -0.2) is 41.3 Å². The van der Waals surface area contributed by atoms with E-state index in [0.717, 1.165) is 0 Å². The standard InChI is InChI=1S/C20H22O6/c1-22-14-8-11-17(23-2)15(12-14)16(21)9-6-13-7-10-18(24-3)20(26-5)19(13)25-4/h6-12H,1-5H3/b9-6+. The van der Waals surface area contributed by atoms with Crippen molar-refractivity contribution in [3.05, 3.63) is 47.5 Å². The number of methoxy groups -OCH3 is 5. The summed E-state index contributed by atoms with van der Waals surface area (Å²) < 4.78 is 26.5. The summed E-state index contributed by atoms with van der Waals surface area (Å²) >= 11 is 0. The highest BCUT2D eigenvalue weighted by atomic mass is 16.5. The zero-order chi connectivity index (χ0) is 19.1. The minimum Gasteiger partial charge on any atom is -0.497 e. The van der Waals surface area contributed by atoms with Crippen LogP contribution in [0.5, 0.6) is 28.7 Å². The summed E-state index contributed by atoms with van der Waals surface area (Å²) in [6, 6.07) is 8.59. The normalized spacial score (nSPS) is 10.5. The van der Waals surface area contributed by atoms with Gasteiger partial charge in [0.1, 0.15) is 11.5 Å². The van der Waals surface area contributed by atoms with Gasteiger partial charge in [-0.05, 0) is 42.5 Å². The third-order valence-electron chi connectivity index (χ3n) is 3.82. The molecule has 2 rings (SSSR count).